The number of methoxy groups -OCH3 is 1. The molecule has 38 heavy (non-hydrogen) atoms. The molecule has 3 unspecified atom stereocenters. The molecule has 2 aliphatic rings. The van der Waals surface area contributed by atoms with Crippen LogP contribution in [0.1, 0.15) is 57.3 Å². The Morgan fingerprint density at radius 1 is 1.16 bits per heavy atom. The quantitative estimate of drug-likeness (QED) is 0.556. The molecule has 2 amide bonds. The zero-order valence-electron chi connectivity index (χ0n) is 22.3. The molecule has 0 saturated carbocycles. The Balaban J connectivity index is 1.76. The van der Waals surface area contributed by atoms with E-state index in [4.69, 9.17) is 21.1 Å². The van der Waals surface area contributed by atoms with E-state index >= 15 is 0 Å². The number of hydrogen-bond donors (Lipinski definition) is 1. The molecule has 0 aromatic heterocycles. The fraction of sp³-hybridized carbons (Fsp3) is 0.483. The Kier molecular flexibility index (Phi) is 8.33. The first-order valence-corrected chi connectivity index (χ1v) is 13.3. The maximum Gasteiger partial charge on any atom is 0.308 e. The predicted octanol–water partition coefficient (Wildman–Crippen LogP) is 4.93. The largest absolute Gasteiger partial charge is 0.496 e. The van der Waals surface area contributed by atoms with Crippen molar-refractivity contribution < 1.29 is 29.0 Å². The van der Waals surface area contributed by atoms with Crippen LogP contribution in [-0.2, 0) is 19.1 Å². The van der Waals surface area contributed by atoms with Crippen molar-refractivity contribution in [2.24, 2.45) is 11.3 Å². The van der Waals surface area contributed by atoms with Gasteiger partial charge in [0.1, 0.15) is 18.0 Å². The molecule has 3 atom stereocenters. The minimum atomic E-state index is -1.09. The predicted molar refractivity (Wildman–Crippen MR) is 145 cm³/mol. The number of benzene rings is 2. The van der Waals surface area contributed by atoms with Gasteiger partial charge in [0.15, 0.2) is 0 Å². The normalized spacial score (nSPS) is 22.0. The Hall–Kier alpha value is -3.10. The third-order valence-corrected chi connectivity index (χ3v) is 7.18. The zero-order valence-corrected chi connectivity index (χ0v) is 23.0. The minimum Gasteiger partial charge on any atom is -0.496 e. The summed E-state index contributed by atoms with van der Waals surface area (Å²) in [6.07, 6.45) is -0.870. The van der Waals surface area contributed by atoms with Gasteiger partial charge < -0.3 is 24.4 Å². The average Bonchev–Trinajstić information content (AvgIpc) is 2.98. The third kappa shape index (κ3) is 6.13. The lowest BCUT2D eigenvalue weighted by molar-refractivity contribution is -0.148. The van der Waals surface area contributed by atoms with Gasteiger partial charge in [-0.25, -0.2) is 0 Å². The van der Waals surface area contributed by atoms with Crippen molar-refractivity contribution in [3.05, 3.63) is 58.6 Å². The van der Waals surface area contributed by atoms with E-state index in [1.165, 1.54) is 0 Å². The highest BCUT2D eigenvalue weighted by Crippen LogP contribution is 2.43. The Morgan fingerprint density at radius 3 is 2.58 bits per heavy atom. The number of anilines is 1. The lowest BCUT2D eigenvalue weighted by Gasteiger charge is -2.33. The zero-order chi connectivity index (χ0) is 27.6. The fourth-order valence-electron chi connectivity index (χ4n) is 5.16. The Morgan fingerprint density at radius 2 is 1.89 bits per heavy atom. The van der Waals surface area contributed by atoms with Gasteiger partial charge in [0.2, 0.25) is 5.91 Å². The molecular weight excluding hydrogens is 508 g/mol. The van der Waals surface area contributed by atoms with Crippen molar-refractivity contribution >= 4 is 35.1 Å². The summed E-state index contributed by atoms with van der Waals surface area (Å²) in [5.74, 6) is -1.55. The van der Waals surface area contributed by atoms with Crippen molar-refractivity contribution in [1.82, 2.24) is 4.90 Å². The van der Waals surface area contributed by atoms with Gasteiger partial charge in [0.05, 0.1) is 19.4 Å². The monoisotopic (exact) mass is 542 g/mol. The second-order valence-electron chi connectivity index (χ2n) is 11.2. The molecule has 2 heterocycles. The summed E-state index contributed by atoms with van der Waals surface area (Å²) >= 11 is 6.44. The summed E-state index contributed by atoms with van der Waals surface area (Å²) in [5.41, 5.74) is 1.85. The van der Waals surface area contributed by atoms with Gasteiger partial charge in [-0.1, -0.05) is 50.6 Å². The number of rotatable bonds is 6. The number of carboxylic acids is 1. The summed E-state index contributed by atoms with van der Waals surface area (Å²) < 4.78 is 12.1. The standard InChI is InChI=1S/C29H35ClN2O6/c1-29(2,3)17-32-22-12-11-19(30)14-21(22)26(20-9-5-6-10-23(20)37-4)38-24(27(32)34)15-25(33)31-13-7-8-18(16-31)28(35)36/h5-6,9-12,14,18,24,26H,7-8,13,15-17H2,1-4H3,(H,35,36). The molecule has 1 N–H and O–H groups in total. The molecule has 0 aliphatic carbocycles. The summed E-state index contributed by atoms with van der Waals surface area (Å²) in [6, 6.07) is 12.8. The van der Waals surface area contributed by atoms with Crippen molar-refractivity contribution in [3.8, 4) is 5.75 Å². The third-order valence-electron chi connectivity index (χ3n) is 6.94. The van der Waals surface area contributed by atoms with Crippen LogP contribution in [0.2, 0.25) is 5.02 Å². The number of ether oxygens (including phenoxy) is 2. The highest BCUT2D eigenvalue weighted by Gasteiger charge is 2.41. The SMILES string of the molecule is COc1ccccc1C1OC(CC(=O)N2CCCC(C(=O)O)C2)C(=O)N(CC(C)(C)C)c2ccc(Cl)cc21. The number of amides is 2. The maximum absolute atomic E-state index is 14.1. The number of aliphatic carboxylic acids is 1. The number of hydrogen-bond acceptors (Lipinski definition) is 5. The molecule has 2 aromatic carbocycles. The van der Waals surface area contributed by atoms with E-state index in [0.717, 1.165) is 0 Å². The van der Waals surface area contributed by atoms with Crippen LogP contribution >= 0.6 is 11.6 Å². The van der Waals surface area contributed by atoms with Crippen LogP contribution < -0.4 is 9.64 Å². The highest BCUT2D eigenvalue weighted by molar-refractivity contribution is 6.30. The highest BCUT2D eigenvalue weighted by atomic mass is 35.5. The van der Waals surface area contributed by atoms with Crippen LogP contribution in [0.25, 0.3) is 0 Å². The summed E-state index contributed by atoms with van der Waals surface area (Å²) in [6.45, 7) is 7.11. The van der Waals surface area contributed by atoms with Gasteiger partial charge in [-0.3, -0.25) is 14.4 Å². The average molecular weight is 543 g/mol. The van der Waals surface area contributed by atoms with E-state index in [1.54, 1.807) is 29.0 Å². The van der Waals surface area contributed by atoms with Crippen molar-refractivity contribution in [2.75, 3.05) is 31.6 Å². The van der Waals surface area contributed by atoms with Crippen LogP contribution in [-0.4, -0.2) is 60.6 Å². The van der Waals surface area contributed by atoms with Crippen LogP contribution in [0, 0.1) is 11.3 Å². The molecule has 8 nitrogen and oxygen atoms in total. The molecule has 9 heteroatoms. The summed E-state index contributed by atoms with van der Waals surface area (Å²) in [7, 11) is 1.57. The second kappa shape index (κ2) is 11.3. The molecule has 2 aromatic rings. The number of piperidine rings is 1. The van der Waals surface area contributed by atoms with Gasteiger partial charge in [0, 0.05) is 41.5 Å². The lowest BCUT2D eigenvalue weighted by Crippen LogP contribution is -2.47. The maximum atomic E-state index is 14.1. The molecule has 0 radical (unpaired) electrons. The topological polar surface area (TPSA) is 96.4 Å². The summed E-state index contributed by atoms with van der Waals surface area (Å²) in [5, 5.41) is 9.97. The number of carbonyl (C=O) groups is 3. The number of likely N-dealkylation sites (tertiary alicyclic amines) is 1. The van der Waals surface area contributed by atoms with Gasteiger partial charge in [-0.15, -0.1) is 0 Å². The lowest BCUT2D eigenvalue weighted by atomic mass is 9.94. The fourth-order valence-corrected chi connectivity index (χ4v) is 5.34. The smallest absolute Gasteiger partial charge is 0.308 e. The molecule has 4 rings (SSSR count). The number of nitrogens with zero attached hydrogens (tertiary/aromatic N) is 2. The van der Waals surface area contributed by atoms with Gasteiger partial charge in [0.25, 0.3) is 5.91 Å². The molecule has 1 fully saturated rings. The van der Waals surface area contributed by atoms with Crippen LogP contribution in [0.3, 0.4) is 0 Å². The van der Waals surface area contributed by atoms with E-state index in [-0.39, 0.29) is 30.2 Å². The van der Waals surface area contributed by atoms with Crippen LogP contribution in [0.15, 0.2) is 42.5 Å². The van der Waals surface area contributed by atoms with Crippen molar-refractivity contribution in [3.63, 3.8) is 0 Å². The summed E-state index contributed by atoms with van der Waals surface area (Å²) in [4.78, 5) is 42.3. The number of halogens is 1. The van der Waals surface area contributed by atoms with Crippen LogP contribution in [0.5, 0.6) is 5.75 Å². The number of fused-ring (bicyclic) bond motifs is 1. The minimum absolute atomic E-state index is 0.132. The number of carboxylic acid groups (broad SMARTS) is 1. The van der Waals surface area contributed by atoms with E-state index in [0.29, 0.717) is 53.5 Å². The first kappa shape index (κ1) is 27.9. The van der Waals surface area contributed by atoms with Gasteiger partial charge >= 0.3 is 5.97 Å². The Labute approximate surface area is 228 Å². The number of para-hydroxylation sites is 1. The molecule has 204 valence electrons. The van der Waals surface area contributed by atoms with Crippen molar-refractivity contribution in [1.29, 1.82) is 0 Å². The van der Waals surface area contributed by atoms with Crippen LogP contribution in [0.4, 0.5) is 5.69 Å². The Bertz CT molecular complexity index is 1210. The van der Waals surface area contributed by atoms with Crippen molar-refractivity contribution in [2.45, 2.75) is 52.2 Å². The molecule has 0 bridgehead atoms. The van der Waals surface area contributed by atoms with E-state index in [1.807, 2.05) is 51.1 Å². The van der Waals surface area contributed by atoms with E-state index < -0.39 is 24.1 Å². The van der Waals surface area contributed by atoms with Gasteiger partial charge in [-0.2, -0.15) is 0 Å². The first-order chi connectivity index (χ1) is 18.0. The molecule has 2 aliphatic heterocycles. The second-order valence-corrected chi connectivity index (χ2v) is 11.6. The molecule has 0 spiro atoms. The first-order valence-electron chi connectivity index (χ1n) is 12.9. The molecule has 1 saturated heterocycles. The molecular formula is C29H35ClN2O6. The van der Waals surface area contributed by atoms with E-state index in [2.05, 4.69) is 0 Å². The number of carbonyl (C=O) groups excluding carboxylic acids is 2. The van der Waals surface area contributed by atoms with E-state index in [9.17, 15) is 19.5 Å². The van der Waals surface area contributed by atoms with Gasteiger partial charge in [-0.05, 0) is 42.5 Å².